The van der Waals surface area contributed by atoms with Crippen molar-refractivity contribution in [1.29, 1.82) is 0 Å². The minimum Gasteiger partial charge on any atom is -0.368 e. The van der Waals surface area contributed by atoms with Crippen LogP contribution in [-0.4, -0.2) is 54.0 Å². The van der Waals surface area contributed by atoms with Crippen LogP contribution in [0.4, 0.5) is 18.9 Å². The molecular formula is C22H23ClF3N5O. The molecule has 2 heterocycles. The maximum Gasteiger partial charge on any atom is 0.418 e. The number of anilines is 1. The molecule has 1 unspecified atom stereocenters. The highest BCUT2D eigenvalue weighted by Crippen LogP contribution is 2.37. The lowest BCUT2D eigenvalue weighted by atomic mass is 10.1. The highest BCUT2D eigenvalue weighted by molar-refractivity contribution is 6.31. The summed E-state index contributed by atoms with van der Waals surface area (Å²) in [6, 6.07) is 8.38. The van der Waals surface area contributed by atoms with E-state index < -0.39 is 23.7 Å². The lowest BCUT2D eigenvalue weighted by molar-refractivity contribution is -0.137. The lowest BCUT2D eigenvalue weighted by Gasteiger charge is -2.35. The van der Waals surface area contributed by atoms with Gasteiger partial charge in [-0.1, -0.05) is 11.6 Å². The van der Waals surface area contributed by atoms with Gasteiger partial charge in [-0.2, -0.15) is 13.2 Å². The first kappa shape index (κ1) is 22.4. The van der Waals surface area contributed by atoms with Gasteiger partial charge in [0.1, 0.15) is 5.82 Å². The largest absolute Gasteiger partial charge is 0.418 e. The van der Waals surface area contributed by atoms with Crippen LogP contribution in [-0.2, 0) is 6.18 Å². The third-order valence-electron chi connectivity index (χ3n) is 5.63. The van der Waals surface area contributed by atoms with Crippen LogP contribution in [0.5, 0.6) is 0 Å². The van der Waals surface area contributed by atoms with E-state index in [0.29, 0.717) is 48.1 Å². The molecule has 1 atom stereocenters. The van der Waals surface area contributed by atoms with Gasteiger partial charge in [0.15, 0.2) is 0 Å². The third kappa shape index (κ3) is 4.68. The number of aromatic amines is 1. The number of alkyl halides is 3. The van der Waals surface area contributed by atoms with Gasteiger partial charge in [0.05, 0.1) is 22.6 Å². The van der Waals surface area contributed by atoms with Crippen molar-refractivity contribution in [3.8, 4) is 0 Å². The highest BCUT2D eigenvalue weighted by atomic mass is 35.5. The predicted octanol–water partition coefficient (Wildman–Crippen LogP) is 4.48. The van der Waals surface area contributed by atoms with E-state index in [4.69, 9.17) is 11.6 Å². The van der Waals surface area contributed by atoms with E-state index >= 15 is 0 Å². The molecule has 10 heteroatoms. The molecule has 0 aliphatic carbocycles. The maximum absolute atomic E-state index is 13.8. The molecule has 0 bridgehead atoms. The summed E-state index contributed by atoms with van der Waals surface area (Å²) in [4.78, 5) is 24.0. The number of hydrogen-bond acceptors (Lipinski definition) is 4. The van der Waals surface area contributed by atoms with Crippen LogP contribution in [0.1, 0.15) is 34.7 Å². The summed E-state index contributed by atoms with van der Waals surface area (Å²) in [5, 5.41) is 3.26. The summed E-state index contributed by atoms with van der Waals surface area (Å²) < 4.78 is 41.4. The van der Waals surface area contributed by atoms with Crippen LogP contribution in [0.25, 0.3) is 11.0 Å². The third-order valence-corrected chi connectivity index (χ3v) is 5.86. The lowest BCUT2D eigenvalue weighted by Crippen LogP contribution is -2.45. The number of nitrogens with one attached hydrogen (secondary N) is 2. The fourth-order valence-corrected chi connectivity index (χ4v) is 3.95. The van der Waals surface area contributed by atoms with Gasteiger partial charge in [0.2, 0.25) is 0 Å². The standard InChI is InChI=1S/C22H23ClF3N5O/c1-13(20-28-17-5-4-15(23)12-18(17)29-20)27-21(32)14-3-6-19(16(11-14)22(24,25)26)31-9-7-30(2)8-10-31/h3-6,11-13H,7-10H2,1-2H3,(H,27,32)(H,28,29). The second-order valence-corrected chi connectivity index (χ2v) is 8.44. The van der Waals surface area contributed by atoms with E-state index in [1.165, 1.54) is 12.1 Å². The average Bonchev–Trinajstić information content (AvgIpc) is 3.16. The van der Waals surface area contributed by atoms with Gasteiger partial charge in [-0.25, -0.2) is 4.98 Å². The van der Waals surface area contributed by atoms with Crippen LogP contribution in [0.3, 0.4) is 0 Å². The van der Waals surface area contributed by atoms with Gasteiger partial charge in [0, 0.05) is 42.5 Å². The number of piperazine rings is 1. The number of benzene rings is 2. The van der Waals surface area contributed by atoms with E-state index in [1.807, 2.05) is 7.05 Å². The Morgan fingerprint density at radius 1 is 1.16 bits per heavy atom. The van der Waals surface area contributed by atoms with Crippen molar-refractivity contribution in [2.75, 3.05) is 38.1 Å². The van der Waals surface area contributed by atoms with Crippen molar-refractivity contribution in [1.82, 2.24) is 20.2 Å². The molecule has 0 radical (unpaired) electrons. The Labute approximate surface area is 188 Å². The molecule has 2 N–H and O–H groups in total. The SMILES string of the molecule is CC(NC(=O)c1ccc(N2CCN(C)CC2)c(C(F)(F)F)c1)c1nc2ccc(Cl)cc2[nH]1. The van der Waals surface area contributed by atoms with Gasteiger partial charge < -0.3 is 20.1 Å². The summed E-state index contributed by atoms with van der Waals surface area (Å²) in [6.45, 7) is 4.07. The van der Waals surface area contributed by atoms with Crippen LogP contribution >= 0.6 is 11.6 Å². The predicted molar refractivity (Wildman–Crippen MR) is 118 cm³/mol. The number of halogens is 4. The van der Waals surface area contributed by atoms with E-state index in [0.717, 1.165) is 6.07 Å². The van der Waals surface area contributed by atoms with Crippen LogP contribution in [0, 0.1) is 0 Å². The first-order valence-electron chi connectivity index (χ1n) is 10.2. The molecule has 170 valence electrons. The highest BCUT2D eigenvalue weighted by Gasteiger charge is 2.36. The van der Waals surface area contributed by atoms with Crippen LogP contribution in [0.2, 0.25) is 5.02 Å². The topological polar surface area (TPSA) is 64.3 Å². The number of rotatable bonds is 4. The number of carbonyl (C=O) groups is 1. The van der Waals surface area contributed by atoms with Gasteiger partial charge in [-0.3, -0.25) is 4.79 Å². The monoisotopic (exact) mass is 465 g/mol. The summed E-state index contributed by atoms with van der Waals surface area (Å²) in [7, 11) is 1.94. The van der Waals surface area contributed by atoms with Crippen LogP contribution < -0.4 is 10.2 Å². The molecule has 0 spiro atoms. The molecule has 0 saturated carbocycles. The second kappa shape index (κ2) is 8.63. The quantitative estimate of drug-likeness (QED) is 0.596. The molecule has 1 amide bonds. The summed E-state index contributed by atoms with van der Waals surface area (Å²) in [5.41, 5.74) is 0.636. The molecule has 1 aliphatic heterocycles. The molecule has 1 aromatic heterocycles. The van der Waals surface area contributed by atoms with Crippen molar-refractivity contribution >= 4 is 34.2 Å². The maximum atomic E-state index is 13.8. The molecule has 6 nitrogen and oxygen atoms in total. The molecule has 4 rings (SSSR count). The number of likely N-dealkylation sites (N-methyl/N-ethyl adjacent to an activating group) is 1. The minimum absolute atomic E-state index is 0.0544. The zero-order chi connectivity index (χ0) is 23.0. The smallest absolute Gasteiger partial charge is 0.368 e. The van der Waals surface area contributed by atoms with Crippen molar-refractivity contribution in [3.63, 3.8) is 0 Å². The Hall–Kier alpha value is -2.78. The first-order chi connectivity index (χ1) is 15.1. The van der Waals surface area contributed by atoms with Gasteiger partial charge in [-0.15, -0.1) is 0 Å². The normalized spacial score (nSPS) is 16.4. The fraction of sp³-hybridized carbons (Fsp3) is 0.364. The number of hydrogen-bond donors (Lipinski definition) is 2. The number of fused-ring (bicyclic) bond motifs is 1. The van der Waals surface area contributed by atoms with E-state index in [9.17, 15) is 18.0 Å². The van der Waals surface area contributed by atoms with Gasteiger partial charge in [0.25, 0.3) is 5.91 Å². The Balaban J connectivity index is 1.56. The zero-order valence-corrected chi connectivity index (χ0v) is 18.4. The molecule has 3 aromatic rings. The molecule has 1 aliphatic rings. The molecule has 1 fully saturated rings. The first-order valence-corrected chi connectivity index (χ1v) is 10.6. The number of amides is 1. The van der Waals surface area contributed by atoms with Gasteiger partial charge >= 0.3 is 6.18 Å². The van der Waals surface area contributed by atoms with E-state index in [2.05, 4.69) is 20.2 Å². The van der Waals surface area contributed by atoms with E-state index in [-0.39, 0.29) is 11.3 Å². The van der Waals surface area contributed by atoms with Crippen molar-refractivity contribution in [2.24, 2.45) is 0 Å². The average molecular weight is 466 g/mol. The van der Waals surface area contributed by atoms with Gasteiger partial charge in [-0.05, 0) is 50.4 Å². The Bertz CT molecular complexity index is 1140. The van der Waals surface area contributed by atoms with E-state index in [1.54, 1.807) is 30.0 Å². The second-order valence-electron chi connectivity index (χ2n) is 8.00. The summed E-state index contributed by atoms with van der Waals surface area (Å²) in [6.07, 6.45) is -4.57. The number of nitrogens with zero attached hydrogens (tertiary/aromatic N) is 3. The number of H-pyrrole nitrogens is 1. The minimum atomic E-state index is -4.57. The van der Waals surface area contributed by atoms with Crippen LogP contribution in [0.15, 0.2) is 36.4 Å². The molecule has 32 heavy (non-hydrogen) atoms. The number of aromatic nitrogens is 2. The molecular weight excluding hydrogens is 443 g/mol. The number of imidazole rings is 1. The molecule has 1 saturated heterocycles. The Morgan fingerprint density at radius 3 is 2.56 bits per heavy atom. The zero-order valence-electron chi connectivity index (χ0n) is 17.6. The fourth-order valence-electron chi connectivity index (χ4n) is 3.78. The molecule has 2 aromatic carbocycles. The Morgan fingerprint density at radius 2 is 1.88 bits per heavy atom. The summed E-state index contributed by atoms with van der Waals surface area (Å²) >= 11 is 5.98. The van der Waals surface area contributed by atoms with Crippen molar-refractivity contribution in [2.45, 2.75) is 19.1 Å². The van der Waals surface area contributed by atoms with Crippen molar-refractivity contribution < 1.29 is 18.0 Å². The summed E-state index contributed by atoms with van der Waals surface area (Å²) in [5.74, 6) is -0.118. The van der Waals surface area contributed by atoms with Crippen molar-refractivity contribution in [3.05, 3.63) is 58.4 Å². The Kier molecular flexibility index (Phi) is 6.05. The number of carbonyl (C=O) groups excluding carboxylic acids is 1.